The van der Waals surface area contributed by atoms with Crippen LogP contribution < -0.4 is 14.8 Å². The maximum atomic E-state index is 13.5. The van der Waals surface area contributed by atoms with Gasteiger partial charge in [-0.2, -0.15) is 5.26 Å². The first-order valence-corrected chi connectivity index (χ1v) is 11.1. The van der Waals surface area contributed by atoms with E-state index in [-0.39, 0.29) is 34.2 Å². The number of sulfonamides is 1. The molecule has 2 aromatic rings. The van der Waals surface area contributed by atoms with E-state index in [1.54, 1.807) is 6.07 Å². The summed E-state index contributed by atoms with van der Waals surface area (Å²) in [7, 11) is -2.77. The van der Waals surface area contributed by atoms with Crippen LogP contribution >= 0.6 is 0 Å². The lowest BCUT2D eigenvalue weighted by Crippen LogP contribution is -2.45. The summed E-state index contributed by atoms with van der Waals surface area (Å²) in [6.45, 7) is 2.46. The third-order valence-corrected chi connectivity index (χ3v) is 6.06. The molecule has 0 bridgehead atoms. The van der Waals surface area contributed by atoms with E-state index in [0.29, 0.717) is 0 Å². The van der Waals surface area contributed by atoms with E-state index in [1.807, 2.05) is 0 Å². The molecule has 1 unspecified atom stereocenters. The van der Waals surface area contributed by atoms with Gasteiger partial charge in [0.15, 0.2) is 11.4 Å². The summed E-state index contributed by atoms with van der Waals surface area (Å²) in [6.07, 6.45) is -0.320. The van der Waals surface area contributed by atoms with Crippen LogP contribution in [0.25, 0.3) is 0 Å². The Morgan fingerprint density at radius 3 is 2.79 bits per heavy atom. The predicted octanol–water partition coefficient (Wildman–Crippen LogP) is 0.463. The van der Waals surface area contributed by atoms with Crippen molar-refractivity contribution < 1.29 is 32.6 Å². The first-order valence-electron chi connectivity index (χ1n) is 9.61. The molecular formula is C21H21FN4O6S. The van der Waals surface area contributed by atoms with Crippen molar-refractivity contribution >= 4 is 21.6 Å². The van der Waals surface area contributed by atoms with Crippen LogP contribution in [0.3, 0.4) is 0 Å². The number of nitriles is 1. The number of halogens is 1. The Morgan fingerprint density at radius 1 is 1.45 bits per heavy atom. The number of aliphatic hydroxyl groups excluding tert-OH is 1. The zero-order valence-electron chi connectivity index (χ0n) is 17.9. The van der Waals surface area contributed by atoms with Crippen molar-refractivity contribution in [3.8, 4) is 23.7 Å². The summed E-state index contributed by atoms with van der Waals surface area (Å²) in [5, 5.41) is 31.4. The third-order valence-electron chi connectivity index (χ3n) is 4.57. The number of aliphatic hydroxyl groups is 2. The van der Waals surface area contributed by atoms with Gasteiger partial charge in [0.2, 0.25) is 10.0 Å². The molecular weight excluding hydrogens is 455 g/mol. The van der Waals surface area contributed by atoms with Crippen LogP contribution in [0.1, 0.15) is 29.9 Å². The molecule has 1 aliphatic rings. The van der Waals surface area contributed by atoms with E-state index in [2.05, 4.69) is 21.9 Å². The van der Waals surface area contributed by atoms with Crippen molar-refractivity contribution in [3.05, 3.63) is 41.5 Å². The Hall–Kier alpha value is -3.42. The molecule has 1 aromatic heterocycles. The summed E-state index contributed by atoms with van der Waals surface area (Å²) >= 11 is 0. The van der Waals surface area contributed by atoms with E-state index in [9.17, 15) is 27.8 Å². The van der Waals surface area contributed by atoms with E-state index in [4.69, 9.17) is 10.00 Å². The van der Waals surface area contributed by atoms with Gasteiger partial charge in [0.1, 0.15) is 35.1 Å². The van der Waals surface area contributed by atoms with Gasteiger partial charge in [-0.15, -0.1) is 0 Å². The minimum Gasteiger partial charge on any atom is -0.488 e. The standard InChI is InChI=1S/C21H21FN4O6S/c1-21(2,29)7-6-16(27)15-11-32-19-17(33(30,31)25-15)10-26(3)18(19)20(28)24-13-4-5-14(22)12(8-13)9-23/h4-5,8,10,15-16,25,27,29H,11H2,1-3H3,(H,24,28)/t15-,16?/m0/s1. The first-order chi connectivity index (χ1) is 15.3. The second-order valence-electron chi connectivity index (χ2n) is 7.85. The molecule has 10 nitrogen and oxygen atoms in total. The van der Waals surface area contributed by atoms with Crippen molar-refractivity contribution in [3.63, 3.8) is 0 Å². The van der Waals surface area contributed by atoms with E-state index in [0.717, 1.165) is 12.1 Å². The predicted molar refractivity (Wildman–Crippen MR) is 114 cm³/mol. The number of aryl methyl sites for hydroxylation is 1. The van der Waals surface area contributed by atoms with Crippen LogP contribution in [0.15, 0.2) is 29.3 Å². The summed E-state index contributed by atoms with van der Waals surface area (Å²) in [5.74, 6) is 3.04. The normalized spacial score (nSPS) is 17.9. The smallest absolute Gasteiger partial charge is 0.276 e. The zero-order valence-corrected chi connectivity index (χ0v) is 18.7. The van der Waals surface area contributed by atoms with Crippen molar-refractivity contribution in [1.29, 1.82) is 5.26 Å². The van der Waals surface area contributed by atoms with Crippen LogP contribution in [-0.4, -0.2) is 53.5 Å². The lowest BCUT2D eigenvalue weighted by Gasteiger charge is -2.18. The summed E-state index contributed by atoms with van der Waals surface area (Å²) in [6, 6.07) is 3.90. The Balaban J connectivity index is 1.92. The lowest BCUT2D eigenvalue weighted by atomic mass is 10.1. The minimum absolute atomic E-state index is 0.123. The molecule has 33 heavy (non-hydrogen) atoms. The van der Waals surface area contributed by atoms with Gasteiger partial charge in [0.05, 0.1) is 11.6 Å². The van der Waals surface area contributed by atoms with Crippen molar-refractivity contribution in [2.75, 3.05) is 11.9 Å². The quantitative estimate of drug-likeness (QED) is 0.470. The molecule has 3 rings (SSSR count). The lowest BCUT2D eigenvalue weighted by molar-refractivity contribution is 0.101. The Kier molecular flexibility index (Phi) is 6.49. The third kappa shape index (κ3) is 5.32. The zero-order chi connectivity index (χ0) is 24.6. The molecule has 2 heterocycles. The van der Waals surface area contributed by atoms with Crippen LogP contribution in [-0.2, 0) is 17.1 Å². The van der Waals surface area contributed by atoms with Gasteiger partial charge in [-0.3, -0.25) is 4.79 Å². The van der Waals surface area contributed by atoms with Crippen molar-refractivity contribution in [1.82, 2.24) is 9.29 Å². The number of benzene rings is 1. The highest BCUT2D eigenvalue weighted by molar-refractivity contribution is 7.89. The van der Waals surface area contributed by atoms with Gasteiger partial charge in [-0.1, -0.05) is 11.8 Å². The fourth-order valence-electron chi connectivity index (χ4n) is 3.03. The molecule has 12 heteroatoms. The Bertz CT molecular complexity index is 1310. The Morgan fingerprint density at radius 2 is 2.15 bits per heavy atom. The van der Waals surface area contributed by atoms with Crippen molar-refractivity contribution in [2.45, 2.75) is 36.5 Å². The monoisotopic (exact) mass is 476 g/mol. The molecule has 1 aromatic carbocycles. The molecule has 4 N–H and O–H groups in total. The number of ether oxygens (including phenoxy) is 1. The first kappa shape index (κ1) is 24.2. The number of nitrogens with one attached hydrogen (secondary N) is 2. The van der Waals surface area contributed by atoms with E-state index >= 15 is 0 Å². The maximum absolute atomic E-state index is 13.5. The molecule has 0 saturated carbocycles. The number of nitrogens with zero attached hydrogens (tertiary/aromatic N) is 2. The van der Waals surface area contributed by atoms with Crippen LogP contribution in [0.2, 0.25) is 0 Å². The SMILES string of the molecule is Cn1cc2c(c1C(=O)Nc1ccc(F)c(C#N)c1)OC[C@@H](C(O)C#CC(C)(C)O)NS2(=O)=O. The van der Waals surface area contributed by atoms with Gasteiger partial charge in [0, 0.05) is 18.9 Å². The number of hydrogen-bond acceptors (Lipinski definition) is 7. The highest BCUT2D eigenvalue weighted by atomic mass is 32.2. The second-order valence-corrected chi connectivity index (χ2v) is 9.54. The molecule has 0 spiro atoms. The molecule has 0 aliphatic carbocycles. The maximum Gasteiger partial charge on any atom is 0.276 e. The summed E-state index contributed by atoms with van der Waals surface area (Å²) < 4.78 is 48.4. The minimum atomic E-state index is -4.21. The van der Waals surface area contributed by atoms with E-state index < -0.39 is 39.5 Å². The van der Waals surface area contributed by atoms with Gasteiger partial charge in [-0.05, 0) is 32.0 Å². The van der Waals surface area contributed by atoms with Crippen LogP contribution in [0.5, 0.6) is 5.75 Å². The number of hydrogen-bond donors (Lipinski definition) is 4. The number of carbonyl (C=O) groups is 1. The fraction of sp³-hybridized carbons (Fsp3) is 0.333. The van der Waals surface area contributed by atoms with Gasteiger partial charge in [-0.25, -0.2) is 17.5 Å². The largest absolute Gasteiger partial charge is 0.488 e. The fourth-order valence-corrected chi connectivity index (χ4v) is 4.44. The molecule has 0 fully saturated rings. The molecule has 0 saturated heterocycles. The highest BCUT2D eigenvalue weighted by Crippen LogP contribution is 2.33. The van der Waals surface area contributed by atoms with Crippen LogP contribution in [0.4, 0.5) is 10.1 Å². The van der Waals surface area contributed by atoms with Gasteiger partial charge in [0.25, 0.3) is 5.91 Å². The highest BCUT2D eigenvalue weighted by Gasteiger charge is 2.36. The summed E-state index contributed by atoms with van der Waals surface area (Å²) in [5.41, 5.74) is -1.69. The topological polar surface area (TPSA) is 154 Å². The second kappa shape index (κ2) is 8.84. The molecule has 1 amide bonds. The number of carbonyl (C=O) groups excluding carboxylic acids is 1. The number of fused-ring (bicyclic) bond motifs is 1. The average molecular weight is 476 g/mol. The molecule has 174 valence electrons. The van der Waals surface area contributed by atoms with Crippen LogP contribution in [0, 0.1) is 29.0 Å². The number of rotatable bonds is 3. The van der Waals surface area contributed by atoms with Gasteiger partial charge >= 0.3 is 0 Å². The summed E-state index contributed by atoms with van der Waals surface area (Å²) in [4.78, 5) is 12.6. The number of amides is 1. The molecule has 0 radical (unpaired) electrons. The van der Waals surface area contributed by atoms with Crippen molar-refractivity contribution in [2.24, 2.45) is 7.05 Å². The molecule has 1 aliphatic heterocycles. The Labute approximate surface area is 189 Å². The van der Waals surface area contributed by atoms with Gasteiger partial charge < -0.3 is 24.8 Å². The van der Waals surface area contributed by atoms with E-state index in [1.165, 1.54) is 37.7 Å². The average Bonchev–Trinajstić information content (AvgIpc) is 3.00. The number of aromatic nitrogens is 1. The molecule has 2 atom stereocenters. The number of anilines is 1.